The number of carbonyl (C=O) groups is 4. The molecule has 135 heavy (non-hydrogen) atoms. The molecule has 4 fully saturated rings. The zero-order valence-corrected chi connectivity index (χ0v) is 73.7. The number of nitrogens with one attached hydrogen (secondary N) is 8. The summed E-state index contributed by atoms with van der Waals surface area (Å²) in [5.74, 6) is 2.40. The largest absolute Gasteiger partial charge is 0.383 e. The van der Waals surface area contributed by atoms with Gasteiger partial charge in [-0.3, -0.25) is 26.6 Å². The van der Waals surface area contributed by atoms with Gasteiger partial charge in [0.15, 0.2) is 5.82 Å². The van der Waals surface area contributed by atoms with Crippen molar-refractivity contribution in [3.63, 3.8) is 0 Å². The Morgan fingerprint density at radius 2 is 0.681 bits per heavy atom. The van der Waals surface area contributed by atoms with E-state index in [1.807, 2.05) is 132 Å². The number of nitrogens with zero attached hydrogens (tertiary/aromatic N) is 17. The molecule has 3 saturated carbocycles. The monoisotopic (exact) mass is 1840 g/mol. The van der Waals surface area contributed by atoms with Gasteiger partial charge in [-0.15, -0.1) is 0 Å². The van der Waals surface area contributed by atoms with Crippen LogP contribution in [0, 0.1) is 11.6 Å². The number of fused-ring (bicyclic) bond motifs is 4. The fraction of sp³-hybridized carbons (Fsp3) is 0.337. The summed E-state index contributed by atoms with van der Waals surface area (Å²) in [6, 6.07) is 26.3. The molecule has 0 radical (unpaired) electrons. The molecule has 3 aromatic carbocycles. The van der Waals surface area contributed by atoms with Crippen LogP contribution in [0.3, 0.4) is 0 Å². The molecule has 4 aliphatic rings. The molecule has 1 aliphatic heterocycles. The Bertz CT molecular complexity index is 6790. The molecule has 40 heteroatoms. The number of nitrogen functional groups attached to an aromatic ring is 4. The van der Waals surface area contributed by atoms with E-state index < -0.39 is 35.8 Å². The van der Waals surface area contributed by atoms with Gasteiger partial charge >= 0.3 is 24.1 Å². The zero-order valence-electron chi connectivity index (χ0n) is 73.7. The first-order valence-corrected chi connectivity index (χ1v) is 42.4. The lowest BCUT2D eigenvalue weighted by Gasteiger charge is -2.27. The van der Waals surface area contributed by atoms with Crippen molar-refractivity contribution in [1.29, 1.82) is 0 Å². The minimum atomic E-state index is -0.638. The Morgan fingerprint density at radius 1 is 0.348 bits per heavy atom. The molecule has 13 aromatic heterocycles. The number of carbonyl (C=O) groups excluding carboxylic acids is 4. The summed E-state index contributed by atoms with van der Waals surface area (Å²) in [5, 5.41) is 39.7. The summed E-state index contributed by atoms with van der Waals surface area (Å²) in [4.78, 5) is 87.9. The number of anilines is 12. The van der Waals surface area contributed by atoms with Crippen molar-refractivity contribution in [2.24, 2.45) is 0 Å². The number of urea groups is 4. The Labute approximate surface area is 776 Å². The first-order valence-electron chi connectivity index (χ1n) is 42.4. The number of halogens is 2. The number of rotatable bonds is 16. The topological polar surface area (TPSA) is 518 Å². The van der Waals surface area contributed by atoms with Crippen LogP contribution in [0.1, 0.15) is 198 Å². The van der Waals surface area contributed by atoms with Gasteiger partial charge in [0.2, 0.25) is 17.7 Å². The summed E-state index contributed by atoms with van der Waals surface area (Å²) >= 11 is 0. The molecule has 706 valence electrons. The van der Waals surface area contributed by atoms with Crippen molar-refractivity contribution in [2.75, 3.05) is 78.7 Å². The molecule has 38 nitrogen and oxygen atoms in total. The molecule has 8 amide bonds. The molecule has 0 unspecified atom stereocenters. The van der Waals surface area contributed by atoms with E-state index in [9.17, 15) is 28.0 Å². The van der Waals surface area contributed by atoms with Crippen LogP contribution < -0.4 is 65.5 Å². The minimum absolute atomic E-state index is 0. The normalized spacial score (nSPS) is 13.6. The molecule has 3 aliphatic carbocycles. The molecule has 1 saturated heterocycles. The minimum Gasteiger partial charge on any atom is -0.383 e. The van der Waals surface area contributed by atoms with E-state index in [0.29, 0.717) is 99.5 Å². The summed E-state index contributed by atoms with van der Waals surface area (Å²) in [5.41, 5.74) is 36.2. The predicted octanol–water partition coefficient (Wildman–Crippen LogP) is 21.2. The Balaban J connectivity index is 0.000000151. The lowest BCUT2D eigenvalue weighted by Crippen LogP contribution is -2.30. The maximum absolute atomic E-state index is 14.9. The zero-order chi connectivity index (χ0) is 92.3. The fourth-order valence-corrected chi connectivity index (χ4v) is 14.6. The van der Waals surface area contributed by atoms with Gasteiger partial charge in [-0.2, -0.15) is 0 Å². The molecular formula is C95H113F2N29O9. The van der Waals surface area contributed by atoms with E-state index in [0.717, 1.165) is 117 Å². The second-order valence-electron chi connectivity index (χ2n) is 36.5. The highest BCUT2D eigenvalue weighted by Gasteiger charge is 2.34. The van der Waals surface area contributed by atoms with E-state index in [2.05, 4.69) is 132 Å². The van der Waals surface area contributed by atoms with E-state index in [4.69, 9.17) is 45.8 Å². The third-order valence-corrected chi connectivity index (χ3v) is 22.3. The van der Waals surface area contributed by atoms with Crippen LogP contribution in [-0.4, -0.2) is 121 Å². The number of hydrogen-bond donors (Lipinski definition) is 12. The van der Waals surface area contributed by atoms with Gasteiger partial charge in [0.05, 0.1) is 69.3 Å². The van der Waals surface area contributed by atoms with E-state index in [1.54, 1.807) is 48.7 Å². The van der Waals surface area contributed by atoms with Crippen molar-refractivity contribution in [3.05, 3.63) is 188 Å². The lowest BCUT2D eigenvalue weighted by atomic mass is 9.92. The highest BCUT2D eigenvalue weighted by Crippen LogP contribution is 2.47. The number of aromatic nitrogens is 17. The van der Waals surface area contributed by atoms with Crippen LogP contribution in [0.15, 0.2) is 171 Å². The van der Waals surface area contributed by atoms with Crippen LogP contribution >= 0.6 is 0 Å². The van der Waals surface area contributed by atoms with E-state index in [-0.39, 0.29) is 92.3 Å². The number of hydrogen-bond acceptors (Lipinski definition) is 26. The van der Waals surface area contributed by atoms with Crippen molar-refractivity contribution in [3.8, 4) is 44.5 Å². The third kappa shape index (κ3) is 21.4. The number of ether oxygens (including phenoxy) is 1. The SMILES string of the molecule is C.C.C.C.CC(C)(C)c1cc(NC(=O)Nc2ccc(-c3cn(C4CC4)c4ncnc(N)c34)cc2F)no1.CC(C)(C)c1cc(NC(=O)Nc2ccc(-c3cn(C4CC4)c4ncnc(N)c34)cc2F)on1.CC(C)(C)c1cc(NC(=O)Nc2ccc(-c3cn(C4CC4)c4ncnc(N)c34)cn2)on1.CC(C)(C)c1cc(NC(=O)Nc2ccc(-c3cn(C4COC4)c4ncnc(N)c34)cc2)on1. The van der Waals surface area contributed by atoms with Gasteiger partial charge in [0.25, 0.3) is 0 Å². The highest BCUT2D eigenvalue weighted by atomic mass is 19.1. The molecule has 0 atom stereocenters. The van der Waals surface area contributed by atoms with Crippen molar-refractivity contribution in [2.45, 2.75) is 197 Å². The second kappa shape index (κ2) is 38.6. The van der Waals surface area contributed by atoms with E-state index >= 15 is 0 Å². The van der Waals surface area contributed by atoms with Crippen LogP contribution in [0.25, 0.3) is 88.6 Å². The third-order valence-electron chi connectivity index (χ3n) is 22.3. The average Bonchev–Trinajstić information content (AvgIpc) is 1.63. The van der Waals surface area contributed by atoms with Gasteiger partial charge < -0.3 is 80.0 Å². The number of benzene rings is 3. The quantitative estimate of drug-likeness (QED) is 0.0427. The highest BCUT2D eigenvalue weighted by molar-refractivity contribution is 6.07. The second-order valence-corrected chi connectivity index (χ2v) is 36.5. The standard InChI is InChI=1S/2C23H24FN7O2.C23H25N7O3.C22H24N8O2.4CH4/c1-23(2,3)17-9-18(30-33-17)29-22(32)28-16-7-4-12(8-15(16)24)14-10-31(13-5-6-13)21-19(14)20(25)26-11-27-21;1-23(2,3)17-9-18(33-30-17)29-22(32)28-16-7-4-12(8-15(16)24)14-10-31(13-5-6-13)21-19(14)20(25)26-11-27-21;1-23(2,3)17-8-18(33-29-17)28-22(31)27-14-6-4-13(5-7-14)16-9-30(15-10-32-11-15)21-19(16)20(24)25-12-26-21;1-22(2,3)15-8-17(32-29-15)28-21(31)27-16-7-4-12(9-24-16)14-10-30(13-5-6-13)20-18(14)19(23)25-11-26-20;;;;/h4,7-11,13H,5-6H2,1-3H3,(H2,25,26,27)(H2,28,29,30,32);4,7-11,13H,5-6H2,1-3H3,(H2,25,26,27)(H2,28,29,32);4-9,12,15H,10-11H2,1-3H3,(H2,24,25,26)(H2,27,28,31);4,7-11,13H,5-6H2,1-3H3,(H2,23,25,26)(H2,24,27,28,31);4*1H4. The maximum atomic E-state index is 14.9. The smallest absolute Gasteiger partial charge is 0.327 e. The molecule has 0 bridgehead atoms. The van der Waals surface area contributed by atoms with Gasteiger partial charge in [-0.1, -0.05) is 158 Å². The lowest BCUT2D eigenvalue weighted by molar-refractivity contribution is -0.0215. The number of nitrogens with two attached hydrogens (primary N) is 4. The molecule has 14 heterocycles. The van der Waals surface area contributed by atoms with Crippen molar-refractivity contribution >= 4 is 138 Å². The van der Waals surface area contributed by atoms with E-state index in [1.165, 1.54) is 49.6 Å². The van der Waals surface area contributed by atoms with Gasteiger partial charge in [-0.25, -0.2) is 72.8 Å². The summed E-state index contributed by atoms with van der Waals surface area (Å²) in [6.07, 6.45) is 22.1. The fourth-order valence-electron chi connectivity index (χ4n) is 14.6. The van der Waals surface area contributed by atoms with Gasteiger partial charge in [-0.05, 0) is 104 Å². The first-order chi connectivity index (χ1) is 62.5. The Hall–Kier alpha value is -15.8. The molecule has 0 spiro atoms. The molecular weight excluding hydrogens is 1730 g/mol. The van der Waals surface area contributed by atoms with Crippen molar-refractivity contribution in [1.82, 2.24) is 83.8 Å². The van der Waals surface area contributed by atoms with Gasteiger partial charge in [0, 0.05) is 129 Å². The summed E-state index contributed by atoms with van der Waals surface area (Å²) in [6.45, 7) is 25.2. The Kier molecular flexibility index (Phi) is 27.7. The molecule has 16 N–H and O–H groups in total. The average molecular weight is 1840 g/mol. The molecule has 20 rings (SSSR count). The summed E-state index contributed by atoms with van der Waals surface area (Å²) < 4.78 is 64.4. The number of amides is 8. The van der Waals surface area contributed by atoms with Crippen LogP contribution in [0.2, 0.25) is 0 Å². The van der Waals surface area contributed by atoms with Gasteiger partial charge in [0.1, 0.15) is 94.4 Å². The summed E-state index contributed by atoms with van der Waals surface area (Å²) in [7, 11) is 0. The number of pyridine rings is 1. The maximum Gasteiger partial charge on any atom is 0.327 e. The van der Waals surface area contributed by atoms with Crippen LogP contribution in [0.5, 0.6) is 0 Å². The first kappa shape index (κ1) is 96.8. The molecule has 16 aromatic rings. The predicted molar refractivity (Wildman–Crippen MR) is 520 cm³/mol. The Morgan fingerprint density at radius 3 is 1.01 bits per heavy atom. The van der Waals surface area contributed by atoms with Crippen LogP contribution in [-0.2, 0) is 26.4 Å². The van der Waals surface area contributed by atoms with Crippen molar-refractivity contribution < 1.29 is 50.8 Å². The van der Waals surface area contributed by atoms with Crippen LogP contribution in [0.4, 0.5) is 97.6 Å².